The van der Waals surface area contributed by atoms with Gasteiger partial charge < -0.3 is 4.90 Å². The lowest BCUT2D eigenvalue weighted by Crippen LogP contribution is -2.49. The van der Waals surface area contributed by atoms with Crippen LogP contribution in [-0.2, 0) is 10.8 Å². The fourth-order valence-corrected chi connectivity index (χ4v) is 14.3. The molecule has 8 atom stereocenters. The van der Waals surface area contributed by atoms with Crippen LogP contribution >= 0.6 is 0 Å². The monoisotopic (exact) mass is 713 g/mol. The zero-order valence-electron chi connectivity index (χ0n) is 32.3. The van der Waals surface area contributed by atoms with Gasteiger partial charge in [0.2, 0.25) is 0 Å². The van der Waals surface area contributed by atoms with Crippen LogP contribution in [0.1, 0.15) is 87.5 Å². The molecule has 0 amide bonds. The Hall–Kier alpha value is -4.88. The molecule has 0 N–H and O–H groups in total. The van der Waals surface area contributed by atoms with Gasteiger partial charge in [-0.3, -0.25) is 0 Å². The van der Waals surface area contributed by atoms with E-state index in [2.05, 4.69) is 158 Å². The average molecular weight is 714 g/mol. The third-order valence-electron chi connectivity index (χ3n) is 16.0. The Morgan fingerprint density at radius 2 is 1.13 bits per heavy atom. The van der Waals surface area contributed by atoms with Gasteiger partial charge in [0.1, 0.15) is 0 Å². The predicted octanol–water partition coefficient (Wildman–Crippen LogP) is 14.3. The Balaban J connectivity index is 1.09. The number of fused-ring (bicyclic) bond motifs is 16. The van der Waals surface area contributed by atoms with Crippen molar-refractivity contribution in [2.45, 2.75) is 76.0 Å². The Labute approximate surface area is 327 Å². The molecule has 0 aliphatic heterocycles. The normalized spacial score (nSPS) is 30.3. The molecule has 4 saturated carbocycles. The standard InChI is InChI=1S/C54H51N/c1-34-26-37-28-35(2)54(40(27-34)30-37)50-18-10-7-15-44(50)46-24-22-42(32-51(46)54)55(52-19-11-8-14-43(52)38-12-4-3-5-13-38)41-23-25-49-47(31-41)45-16-6-9-17-48(45)53(49)33-36-20-21-39(53)29-36/h3-19,22-25,31-32,34-37,39-40H,20-21,26-30,33H2,1-2H3/t34-,35+,36+,37?,39-,40+,53-,54-/m1/s1. The smallest absolute Gasteiger partial charge is 0.0540 e. The van der Waals surface area contributed by atoms with Crippen LogP contribution in [0.3, 0.4) is 0 Å². The number of nitrogens with zero attached hydrogens (tertiary/aromatic N) is 1. The summed E-state index contributed by atoms with van der Waals surface area (Å²) in [7, 11) is 0. The summed E-state index contributed by atoms with van der Waals surface area (Å²) >= 11 is 0. The van der Waals surface area contributed by atoms with Crippen molar-refractivity contribution in [1.29, 1.82) is 0 Å². The average Bonchev–Trinajstić information content (AvgIpc) is 3.97. The largest absolute Gasteiger partial charge is 0.310 e. The van der Waals surface area contributed by atoms with Crippen LogP contribution in [0.5, 0.6) is 0 Å². The van der Waals surface area contributed by atoms with Crippen LogP contribution in [0.15, 0.2) is 140 Å². The molecule has 4 fully saturated rings. The molecule has 272 valence electrons. The summed E-state index contributed by atoms with van der Waals surface area (Å²) in [5.41, 5.74) is 18.7. The highest BCUT2D eigenvalue weighted by Gasteiger charge is 2.58. The predicted molar refractivity (Wildman–Crippen MR) is 228 cm³/mol. The number of rotatable bonds is 4. The molecule has 6 aromatic rings. The van der Waals surface area contributed by atoms with Crippen LogP contribution in [0.2, 0.25) is 0 Å². The van der Waals surface area contributed by atoms with E-state index in [0.29, 0.717) is 11.8 Å². The first-order valence-electron chi connectivity index (χ1n) is 21.5. The van der Waals surface area contributed by atoms with E-state index in [1.165, 1.54) is 102 Å². The van der Waals surface area contributed by atoms with E-state index < -0.39 is 0 Å². The quantitative estimate of drug-likeness (QED) is 0.176. The van der Waals surface area contributed by atoms with Crippen molar-refractivity contribution in [3.63, 3.8) is 0 Å². The Morgan fingerprint density at radius 3 is 1.93 bits per heavy atom. The van der Waals surface area contributed by atoms with E-state index in [1.54, 1.807) is 22.3 Å². The summed E-state index contributed by atoms with van der Waals surface area (Å²) in [5, 5.41) is 0. The minimum atomic E-state index is 0.0444. The van der Waals surface area contributed by atoms with Gasteiger partial charge >= 0.3 is 0 Å². The second-order valence-corrected chi connectivity index (χ2v) is 18.7. The molecule has 0 aromatic heterocycles. The molecule has 4 bridgehead atoms. The van der Waals surface area contributed by atoms with Gasteiger partial charge in [0.05, 0.1) is 5.69 Å². The summed E-state index contributed by atoms with van der Waals surface area (Å²) in [6, 6.07) is 54.3. The maximum absolute atomic E-state index is 2.66. The number of hydrogen-bond acceptors (Lipinski definition) is 1. The molecule has 6 aliphatic rings. The SMILES string of the molecule is C[C@@H]1CC2C[C@H](C1)[C@@]1(c3ccccc3-c3ccc(N(c4ccc5c(c4)-c4ccccc4[C@]54C[C@H]5CC[C@@H]4C5)c4ccccc4-c4ccccc4)cc31)[C@@H](C)C2. The second kappa shape index (κ2) is 11.8. The van der Waals surface area contributed by atoms with Crippen molar-refractivity contribution in [2.24, 2.45) is 35.5 Å². The van der Waals surface area contributed by atoms with Gasteiger partial charge in [-0.2, -0.15) is 0 Å². The van der Waals surface area contributed by atoms with Gasteiger partial charge in [0.25, 0.3) is 0 Å². The topological polar surface area (TPSA) is 3.24 Å². The molecule has 1 unspecified atom stereocenters. The lowest BCUT2D eigenvalue weighted by atomic mass is 9.49. The van der Waals surface area contributed by atoms with E-state index in [-0.39, 0.29) is 10.8 Å². The molecule has 6 aromatic carbocycles. The van der Waals surface area contributed by atoms with Gasteiger partial charge in [0.15, 0.2) is 0 Å². The summed E-state index contributed by atoms with van der Waals surface area (Å²) in [6.07, 6.45) is 10.9. The van der Waals surface area contributed by atoms with Crippen molar-refractivity contribution in [1.82, 2.24) is 0 Å². The van der Waals surface area contributed by atoms with Gasteiger partial charge in [-0.15, -0.1) is 0 Å². The lowest BCUT2D eigenvalue weighted by Gasteiger charge is -2.54. The van der Waals surface area contributed by atoms with Crippen LogP contribution in [0, 0.1) is 35.5 Å². The Bertz CT molecular complexity index is 2490. The third-order valence-corrected chi connectivity index (χ3v) is 16.0. The molecular formula is C54H51N. The fourth-order valence-electron chi connectivity index (χ4n) is 14.3. The lowest BCUT2D eigenvalue weighted by molar-refractivity contribution is 0.0426. The minimum Gasteiger partial charge on any atom is -0.310 e. The maximum Gasteiger partial charge on any atom is 0.0540 e. The van der Waals surface area contributed by atoms with Crippen molar-refractivity contribution in [3.8, 4) is 33.4 Å². The fraction of sp³-hybridized carbons (Fsp3) is 0.333. The van der Waals surface area contributed by atoms with E-state index in [4.69, 9.17) is 0 Å². The highest BCUT2D eigenvalue weighted by molar-refractivity contribution is 5.93. The van der Waals surface area contributed by atoms with Crippen LogP contribution < -0.4 is 4.90 Å². The van der Waals surface area contributed by atoms with Crippen molar-refractivity contribution < 1.29 is 0 Å². The molecule has 1 heteroatoms. The molecule has 2 spiro atoms. The summed E-state index contributed by atoms with van der Waals surface area (Å²) < 4.78 is 0. The molecule has 12 rings (SSSR count). The summed E-state index contributed by atoms with van der Waals surface area (Å²) in [4.78, 5) is 2.62. The van der Waals surface area contributed by atoms with E-state index in [0.717, 1.165) is 23.7 Å². The first kappa shape index (κ1) is 32.4. The van der Waals surface area contributed by atoms with Crippen molar-refractivity contribution in [3.05, 3.63) is 162 Å². The molecule has 1 nitrogen and oxygen atoms in total. The molecule has 6 aliphatic carbocycles. The molecule has 0 radical (unpaired) electrons. The Kier molecular flexibility index (Phi) is 6.95. The highest BCUT2D eigenvalue weighted by atomic mass is 15.1. The third kappa shape index (κ3) is 4.36. The van der Waals surface area contributed by atoms with E-state index >= 15 is 0 Å². The maximum atomic E-state index is 2.66. The zero-order valence-corrected chi connectivity index (χ0v) is 32.3. The van der Waals surface area contributed by atoms with Crippen LogP contribution in [-0.4, -0.2) is 0 Å². The molecular weight excluding hydrogens is 663 g/mol. The second-order valence-electron chi connectivity index (χ2n) is 18.7. The van der Waals surface area contributed by atoms with Gasteiger partial charge in [0, 0.05) is 27.8 Å². The molecule has 55 heavy (non-hydrogen) atoms. The Morgan fingerprint density at radius 1 is 0.473 bits per heavy atom. The minimum absolute atomic E-state index is 0.0444. The summed E-state index contributed by atoms with van der Waals surface area (Å²) in [6.45, 7) is 5.12. The van der Waals surface area contributed by atoms with Gasteiger partial charge in [-0.05, 0) is 161 Å². The molecule has 0 saturated heterocycles. The van der Waals surface area contributed by atoms with Gasteiger partial charge in [-0.1, -0.05) is 129 Å². The first-order chi connectivity index (χ1) is 27.0. The van der Waals surface area contributed by atoms with Crippen molar-refractivity contribution in [2.75, 3.05) is 4.90 Å². The van der Waals surface area contributed by atoms with Crippen LogP contribution in [0.4, 0.5) is 17.1 Å². The number of para-hydroxylation sites is 1. The number of benzene rings is 6. The van der Waals surface area contributed by atoms with Crippen LogP contribution in [0.25, 0.3) is 33.4 Å². The number of anilines is 3. The summed E-state index contributed by atoms with van der Waals surface area (Å²) in [5.74, 6) is 4.54. The number of hydrogen-bond donors (Lipinski definition) is 0. The zero-order chi connectivity index (χ0) is 36.5. The first-order valence-corrected chi connectivity index (χ1v) is 21.5. The molecule has 0 heterocycles. The highest BCUT2D eigenvalue weighted by Crippen LogP contribution is 2.67. The van der Waals surface area contributed by atoms with Gasteiger partial charge in [-0.25, -0.2) is 0 Å². The van der Waals surface area contributed by atoms with E-state index in [9.17, 15) is 0 Å². The van der Waals surface area contributed by atoms with Crippen molar-refractivity contribution >= 4 is 17.1 Å². The van der Waals surface area contributed by atoms with E-state index in [1.807, 2.05) is 0 Å².